The van der Waals surface area contributed by atoms with E-state index in [-0.39, 0.29) is 0 Å². The second-order valence-corrected chi connectivity index (χ2v) is 4.46. The molecule has 0 atom stereocenters. The number of amides is 2. The molecule has 5 N–H and O–H groups in total. The lowest BCUT2D eigenvalue weighted by molar-refractivity contribution is 0.112. The maximum atomic E-state index is 12.3. The monoisotopic (exact) mass is 302 g/mol. The second kappa shape index (κ2) is 6.68. The van der Waals surface area contributed by atoms with Crippen LogP contribution in [0.5, 0.6) is 5.75 Å². The molecule has 116 valence electrons. The Hall–Kier alpha value is -2.93. The lowest BCUT2D eigenvalue weighted by Crippen LogP contribution is -2.36. The molecule has 2 amide bonds. The smallest absolute Gasteiger partial charge is 0.350 e. The number of hydrogen-bond donors (Lipinski definition) is 3. The summed E-state index contributed by atoms with van der Waals surface area (Å²) in [7, 11) is 2.88. The Kier molecular flexibility index (Phi) is 4.70. The quantitative estimate of drug-likeness (QED) is 0.594. The highest BCUT2D eigenvalue weighted by atomic mass is 16.6. The molecule has 0 aliphatic carbocycles. The van der Waals surface area contributed by atoms with Crippen LogP contribution in [0.1, 0.15) is 0 Å². The number of ether oxygens (including phenoxy) is 1. The molecule has 0 saturated carbocycles. The third-order valence-electron chi connectivity index (χ3n) is 3.02. The van der Waals surface area contributed by atoms with Gasteiger partial charge in [-0.25, -0.2) is 10.3 Å². The molecule has 0 saturated heterocycles. The van der Waals surface area contributed by atoms with Crippen LogP contribution in [0.4, 0.5) is 27.5 Å². The molecule has 22 heavy (non-hydrogen) atoms. The first-order valence-electron chi connectivity index (χ1n) is 6.49. The van der Waals surface area contributed by atoms with Crippen molar-refractivity contribution in [2.45, 2.75) is 0 Å². The van der Waals surface area contributed by atoms with Crippen molar-refractivity contribution in [3.05, 3.63) is 42.5 Å². The number of nitrogens with one attached hydrogen (secondary N) is 1. The lowest BCUT2D eigenvalue weighted by atomic mass is 10.2. The number of carbonyl (C=O) groups excluding carboxylic acids is 1. The number of nitrogens with two attached hydrogens (primary N) is 2. The van der Waals surface area contributed by atoms with E-state index in [1.807, 2.05) is 0 Å². The Morgan fingerprint density at radius 3 is 2.27 bits per heavy atom. The molecular formula is C15H18N4O3. The van der Waals surface area contributed by atoms with Gasteiger partial charge in [0, 0.05) is 11.8 Å². The van der Waals surface area contributed by atoms with Gasteiger partial charge in [-0.2, -0.15) is 0 Å². The lowest BCUT2D eigenvalue weighted by Gasteiger charge is -2.23. The van der Waals surface area contributed by atoms with Crippen LogP contribution in [0.15, 0.2) is 42.5 Å². The van der Waals surface area contributed by atoms with Crippen molar-refractivity contribution >= 4 is 28.8 Å². The second-order valence-electron chi connectivity index (χ2n) is 4.46. The molecule has 7 heteroatoms. The summed E-state index contributed by atoms with van der Waals surface area (Å²) in [5.41, 5.74) is 16.1. The van der Waals surface area contributed by atoms with Gasteiger partial charge in [-0.05, 0) is 36.4 Å². The van der Waals surface area contributed by atoms with Gasteiger partial charge in [-0.3, -0.25) is 9.74 Å². The van der Waals surface area contributed by atoms with Crippen molar-refractivity contribution < 1.29 is 14.4 Å². The summed E-state index contributed by atoms with van der Waals surface area (Å²) in [5, 5.41) is 0. The Bertz CT molecular complexity index is 658. The summed E-state index contributed by atoms with van der Waals surface area (Å²) in [6, 6.07) is 11.5. The van der Waals surface area contributed by atoms with Crippen molar-refractivity contribution in [3.63, 3.8) is 0 Å². The minimum atomic E-state index is -0.459. The van der Waals surface area contributed by atoms with Crippen molar-refractivity contribution in [1.29, 1.82) is 0 Å². The molecule has 0 heterocycles. The van der Waals surface area contributed by atoms with Crippen LogP contribution >= 0.6 is 0 Å². The minimum Gasteiger partial charge on any atom is -0.495 e. The first kappa shape index (κ1) is 15.5. The number of anilines is 4. The Labute approximate surface area is 128 Å². The van der Waals surface area contributed by atoms with Gasteiger partial charge in [0.05, 0.1) is 31.3 Å². The zero-order valence-corrected chi connectivity index (χ0v) is 12.4. The van der Waals surface area contributed by atoms with Crippen LogP contribution in [0.25, 0.3) is 0 Å². The van der Waals surface area contributed by atoms with Crippen molar-refractivity contribution in [1.82, 2.24) is 5.48 Å². The van der Waals surface area contributed by atoms with Crippen LogP contribution in [0.3, 0.4) is 0 Å². The molecule has 0 aromatic heterocycles. The summed E-state index contributed by atoms with van der Waals surface area (Å²) in [4.78, 5) is 18.4. The molecule has 2 rings (SSSR count). The number of hydrogen-bond acceptors (Lipinski definition) is 5. The number of nitrogens with zero attached hydrogens (tertiary/aromatic N) is 1. The van der Waals surface area contributed by atoms with E-state index in [2.05, 4.69) is 5.48 Å². The van der Waals surface area contributed by atoms with E-state index in [0.29, 0.717) is 28.5 Å². The number of carbonyl (C=O) groups is 1. The van der Waals surface area contributed by atoms with E-state index >= 15 is 0 Å². The zero-order chi connectivity index (χ0) is 16.1. The van der Waals surface area contributed by atoms with Gasteiger partial charge in [0.15, 0.2) is 0 Å². The van der Waals surface area contributed by atoms with Gasteiger partial charge in [-0.1, -0.05) is 0 Å². The van der Waals surface area contributed by atoms with E-state index in [0.717, 1.165) is 0 Å². The highest BCUT2D eigenvalue weighted by molar-refractivity contribution is 5.99. The SMILES string of the molecule is CONC(=O)N(c1ccc(N)cc1)c1ccc(N)c(OC)c1. The molecule has 0 unspecified atom stereocenters. The fourth-order valence-corrected chi connectivity index (χ4v) is 1.98. The van der Waals surface area contributed by atoms with Gasteiger partial charge in [0.1, 0.15) is 5.75 Å². The standard InChI is InChI=1S/C15H18N4O3/c1-21-14-9-12(7-8-13(14)17)19(15(20)18-22-2)11-5-3-10(16)4-6-11/h3-9H,16-17H2,1-2H3,(H,18,20). The number of hydroxylamine groups is 1. The molecule has 0 radical (unpaired) electrons. The Morgan fingerprint density at radius 1 is 1.05 bits per heavy atom. The highest BCUT2D eigenvalue weighted by Gasteiger charge is 2.19. The first-order valence-corrected chi connectivity index (χ1v) is 6.49. The zero-order valence-electron chi connectivity index (χ0n) is 12.4. The van der Waals surface area contributed by atoms with E-state index < -0.39 is 6.03 Å². The summed E-state index contributed by atoms with van der Waals surface area (Å²) >= 11 is 0. The number of nitrogen functional groups attached to an aromatic ring is 2. The van der Waals surface area contributed by atoms with Crippen molar-refractivity contribution in [2.24, 2.45) is 0 Å². The molecule has 2 aromatic rings. The van der Waals surface area contributed by atoms with E-state index in [9.17, 15) is 4.79 Å². The third-order valence-corrected chi connectivity index (χ3v) is 3.02. The molecule has 0 fully saturated rings. The van der Waals surface area contributed by atoms with Crippen molar-refractivity contribution in [2.75, 3.05) is 30.6 Å². The molecule has 2 aromatic carbocycles. The first-order chi connectivity index (χ1) is 10.6. The van der Waals surface area contributed by atoms with Gasteiger partial charge in [-0.15, -0.1) is 0 Å². The predicted octanol–water partition coefficient (Wildman–Crippen LogP) is 2.27. The summed E-state index contributed by atoms with van der Waals surface area (Å²) in [6.45, 7) is 0. The summed E-state index contributed by atoms with van der Waals surface area (Å²) in [6.07, 6.45) is 0. The normalized spacial score (nSPS) is 10.1. The largest absolute Gasteiger partial charge is 0.495 e. The number of rotatable bonds is 4. The van der Waals surface area contributed by atoms with Crippen LogP contribution in [0, 0.1) is 0 Å². The van der Waals surface area contributed by atoms with Crippen LogP contribution in [-0.4, -0.2) is 20.3 Å². The fourth-order valence-electron chi connectivity index (χ4n) is 1.98. The van der Waals surface area contributed by atoms with Gasteiger partial charge in [0.25, 0.3) is 0 Å². The van der Waals surface area contributed by atoms with E-state index in [1.165, 1.54) is 19.1 Å². The molecule has 7 nitrogen and oxygen atoms in total. The molecule has 0 aliphatic rings. The van der Waals surface area contributed by atoms with Crippen LogP contribution in [-0.2, 0) is 4.84 Å². The number of urea groups is 1. The Balaban J connectivity index is 2.48. The number of benzene rings is 2. The topological polar surface area (TPSA) is 103 Å². The number of methoxy groups -OCH3 is 1. The van der Waals surface area contributed by atoms with Crippen molar-refractivity contribution in [3.8, 4) is 5.75 Å². The van der Waals surface area contributed by atoms with Gasteiger partial charge < -0.3 is 16.2 Å². The summed E-state index contributed by atoms with van der Waals surface area (Å²) < 4.78 is 5.20. The fraction of sp³-hybridized carbons (Fsp3) is 0.133. The predicted molar refractivity (Wildman–Crippen MR) is 85.9 cm³/mol. The van der Waals surface area contributed by atoms with E-state index in [1.54, 1.807) is 42.5 Å². The van der Waals surface area contributed by atoms with Gasteiger partial charge in [0.2, 0.25) is 0 Å². The Morgan fingerprint density at radius 2 is 1.68 bits per heavy atom. The van der Waals surface area contributed by atoms with E-state index in [4.69, 9.17) is 21.0 Å². The average molecular weight is 302 g/mol. The van der Waals surface area contributed by atoms with Gasteiger partial charge >= 0.3 is 6.03 Å². The average Bonchev–Trinajstić information content (AvgIpc) is 2.51. The maximum absolute atomic E-state index is 12.3. The van der Waals surface area contributed by atoms with Crippen LogP contribution < -0.4 is 26.6 Å². The molecule has 0 spiro atoms. The third kappa shape index (κ3) is 3.21. The molecule has 0 aliphatic heterocycles. The highest BCUT2D eigenvalue weighted by Crippen LogP contribution is 2.32. The van der Waals surface area contributed by atoms with Crippen LogP contribution in [0.2, 0.25) is 0 Å². The maximum Gasteiger partial charge on any atom is 0.350 e. The minimum absolute atomic E-state index is 0.459. The molecule has 0 bridgehead atoms. The molecular weight excluding hydrogens is 284 g/mol. The summed E-state index contributed by atoms with van der Waals surface area (Å²) in [5.74, 6) is 0.475.